The van der Waals surface area contributed by atoms with Gasteiger partial charge in [0.25, 0.3) is 0 Å². The van der Waals surface area contributed by atoms with E-state index in [0.29, 0.717) is 12.5 Å². The number of hydrogen-bond acceptors (Lipinski definition) is 3. The third-order valence-electron chi connectivity index (χ3n) is 4.89. The zero-order valence-electron chi connectivity index (χ0n) is 15.9. The van der Waals surface area contributed by atoms with Gasteiger partial charge in [0.1, 0.15) is 0 Å². The Labute approximate surface area is 159 Å². The first kappa shape index (κ1) is 19.0. The van der Waals surface area contributed by atoms with E-state index >= 15 is 0 Å². The molecule has 6 heteroatoms. The van der Waals surface area contributed by atoms with Gasteiger partial charge in [0.15, 0.2) is 17.5 Å². The van der Waals surface area contributed by atoms with Crippen LogP contribution in [0.2, 0.25) is 0 Å². The molecule has 0 aromatic heterocycles. The molecule has 3 rings (SSSR count). The maximum Gasteiger partial charge on any atom is 0.191 e. The van der Waals surface area contributed by atoms with Gasteiger partial charge in [-0.25, -0.2) is 4.39 Å². The number of anilines is 1. The van der Waals surface area contributed by atoms with E-state index in [4.69, 9.17) is 0 Å². The van der Waals surface area contributed by atoms with Crippen LogP contribution in [0.25, 0.3) is 0 Å². The van der Waals surface area contributed by atoms with Gasteiger partial charge in [-0.3, -0.25) is 4.99 Å². The van der Waals surface area contributed by atoms with E-state index in [0.717, 1.165) is 18.7 Å². The van der Waals surface area contributed by atoms with E-state index < -0.39 is 5.82 Å². The fourth-order valence-electron chi connectivity index (χ4n) is 3.30. The lowest BCUT2D eigenvalue weighted by Gasteiger charge is -2.22. The van der Waals surface area contributed by atoms with Gasteiger partial charge in [0, 0.05) is 32.4 Å². The number of nitrogens with one attached hydrogen (secondary N) is 2. The minimum absolute atomic E-state index is 0.0790. The highest BCUT2D eigenvalue weighted by Crippen LogP contribution is 2.24. The number of rotatable bonds is 5. The van der Waals surface area contributed by atoms with Gasteiger partial charge in [-0.1, -0.05) is 18.2 Å². The molecule has 1 saturated heterocycles. The topological polar surface area (TPSA) is 59.9 Å². The van der Waals surface area contributed by atoms with Crippen molar-refractivity contribution in [3.8, 4) is 5.75 Å². The number of phenolic OH excluding ortho intramolecular Hbond substituents is 1. The molecule has 144 valence electrons. The monoisotopic (exact) mass is 370 g/mol. The Morgan fingerprint density at radius 3 is 2.70 bits per heavy atom. The van der Waals surface area contributed by atoms with Crippen LogP contribution in [0.3, 0.4) is 0 Å². The van der Waals surface area contributed by atoms with Crippen molar-refractivity contribution in [2.45, 2.75) is 32.4 Å². The molecule has 0 spiro atoms. The van der Waals surface area contributed by atoms with Crippen LogP contribution in [0.5, 0.6) is 5.75 Å². The molecule has 27 heavy (non-hydrogen) atoms. The zero-order chi connectivity index (χ0) is 19.2. The van der Waals surface area contributed by atoms with E-state index in [9.17, 15) is 9.50 Å². The highest BCUT2D eigenvalue weighted by Gasteiger charge is 2.14. The molecule has 0 amide bonds. The fraction of sp³-hybridized carbons (Fsp3) is 0.381. The second-order valence-electron chi connectivity index (χ2n) is 6.87. The molecule has 1 atom stereocenters. The maximum atomic E-state index is 13.5. The lowest BCUT2D eigenvalue weighted by Crippen LogP contribution is -2.38. The summed E-state index contributed by atoms with van der Waals surface area (Å²) in [6, 6.07) is 13.0. The second kappa shape index (κ2) is 8.75. The third kappa shape index (κ3) is 4.90. The molecule has 1 aliphatic rings. The van der Waals surface area contributed by atoms with E-state index in [2.05, 4.69) is 51.7 Å². The summed E-state index contributed by atoms with van der Waals surface area (Å²) in [6.07, 6.45) is 2.51. The molecular weight excluding hydrogens is 343 g/mol. The number of aliphatic imine (C=N–C) groups is 1. The number of aromatic hydroxyl groups is 1. The average Bonchev–Trinajstić information content (AvgIpc) is 3.22. The largest absolute Gasteiger partial charge is 0.505 e. The number of hydrogen-bond donors (Lipinski definition) is 3. The van der Waals surface area contributed by atoms with Crippen molar-refractivity contribution in [3.63, 3.8) is 0 Å². The maximum absolute atomic E-state index is 13.5. The quantitative estimate of drug-likeness (QED) is 0.556. The summed E-state index contributed by atoms with van der Waals surface area (Å²) < 4.78 is 13.5. The van der Waals surface area contributed by atoms with E-state index in [1.165, 1.54) is 36.2 Å². The molecule has 1 fully saturated rings. The Bertz CT molecular complexity index is 803. The predicted octanol–water partition coefficient (Wildman–Crippen LogP) is 3.56. The van der Waals surface area contributed by atoms with E-state index in [1.54, 1.807) is 13.1 Å². The summed E-state index contributed by atoms with van der Waals surface area (Å²) in [6.45, 7) is 4.75. The van der Waals surface area contributed by atoms with Gasteiger partial charge in [-0.15, -0.1) is 0 Å². The molecule has 1 aliphatic heterocycles. The molecule has 2 aromatic rings. The molecular formula is C21H27FN4O. The minimum atomic E-state index is -0.621. The van der Waals surface area contributed by atoms with Crippen molar-refractivity contribution in [1.82, 2.24) is 10.6 Å². The van der Waals surface area contributed by atoms with Crippen molar-refractivity contribution < 1.29 is 9.50 Å². The van der Waals surface area contributed by atoms with Crippen molar-refractivity contribution in [1.29, 1.82) is 0 Å². The molecule has 2 aromatic carbocycles. The standard InChI is InChI=1S/C21H27FN4O/c1-15(17-6-5-7-18(13-17)26-10-3-4-11-26)25-21(23-2)24-14-16-8-9-20(27)19(22)12-16/h5-9,12-13,15,27H,3-4,10-11,14H2,1-2H3,(H2,23,24,25). The van der Waals surface area contributed by atoms with Crippen LogP contribution >= 0.6 is 0 Å². The summed E-state index contributed by atoms with van der Waals surface area (Å²) in [5.41, 5.74) is 3.19. The molecule has 5 nitrogen and oxygen atoms in total. The van der Waals surface area contributed by atoms with Gasteiger partial charge in [-0.05, 0) is 55.2 Å². The Hall–Kier alpha value is -2.76. The Balaban J connectivity index is 1.60. The normalized spacial score (nSPS) is 15.7. The SMILES string of the molecule is CN=C(NCc1ccc(O)c(F)c1)NC(C)c1cccc(N2CCCC2)c1. The summed E-state index contributed by atoms with van der Waals surface area (Å²) in [4.78, 5) is 6.67. The fourth-order valence-corrected chi connectivity index (χ4v) is 3.30. The summed E-state index contributed by atoms with van der Waals surface area (Å²) in [5.74, 6) is -0.320. The lowest BCUT2D eigenvalue weighted by molar-refractivity contribution is 0.431. The Morgan fingerprint density at radius 1 is 1.22 bits per heavy atom. The van der Waals surface area contributed by atoms with Crippen LogP contribution in [0.1, 0.15) is 36.9 Å². The first-order valence-electron chi connectivity index (χ1n) is 9.36. The highest BCUT2D eigenvalue weighted by molar-refractivity contribution is 5.80. The van der Waals surface area contributed by atoms with E-state index in [1.807, 2.05) is 0 Å². The van der Waals surface area contributed by atoms with Crippen molar-refractivity contribution in [3.05, 3.63) is 59.4 Å². The van der Waals surface area contributed by atoms with Crippen LogP contribution in [-0.4, -0.2) is 31.2 Å². The smallest absolute Gasteiger partial charge is 0.191 e. The van der Waals surface area contributed by atoms with Crippen LogP contribution in [0, 0.1) is 5.82 Å². The molecule has 0 saturated carbocycles. The Kier molecular flexibility index (Phi) is 6.16. The van der Waals surface area contributed by atoms with Gasteiger partial charge >= 0.3 is 0 Å². The van der Waals surface area contributed by atoms with Crippen LogP contribution in [0.4, 0.5) is 10.1 Å². The molecule has 0 bridgehead atoms. The van der Waals surface area contributed by atoms with Crippen molar-refractivity contribution in [2.24, 2.45) is 4.99 Å². The molecule has 1 heterocycles. The number of phenols is 1. The van der Waals surface area contributed by atoms with Crippen LogP contribution in [-0.2, 0) is 6.54 Å². The molecule has 1 unspecified atom stereocenters. The minimum Gasteiger partial charge on any atom is -0.505 e. The zero-order valence-corrected chi connectivity index (χ0v) is 15.9. The summed E-state index contributed by atoms with van der Waals surface area (Å²) >= 11 is 0. The van der Waals surface area contributed by atoms with Crippen LogP contribution < -0.4 is 15.5 Å². The van der Waals surface area contributed by atoms with Gasteiger partial charge in [0.2, 0.25) is 0 Å². The lowest BCUT2D eigenvalue weighted by atomic mass is 10.1. The summed E-state index contributed by atoms with van der Waals surface area (Å²) in [5, 5.41) is 15.8. The summed E-state index contributed by atoms with van der Waals surface area (Å²) in [7, 11) is 1.71. The number of benzene rings is 2. The molecule has 0 radical (unpaired) electrons. The number of halogens is 1. The number of nitrogens with zero attached hydrogens (tertiary/aromatic N) is 2. The molecule has 0 aliphatic carbocycles. The van der Waals surface area contributed by atoms with Gasteiger partial charge < -0.3 is 20.6 Å². The average molecular weight is 370 g/mol. The molecule has 3 N–H and O–H groups in total. The van der Waals surface area contributed by atoms with Crippen LogP contribution in [0.15, 0.2) is 47.5 Å². The van der Waals surface area contributed by atoms with Crippen molar-refractivity contribution in [2.75, 3.05) is 25.0 Å². The predicted molar refractivity (Wildman–Crippen MR) is 108 cm³/mol. The highest BCUT2D eigenvalue weighted by atomic mass is 19.1. The van der Waals surface area contributed by atoms with Gasteiger partial charge in [0.05, 0.1) is 6.04 Å². The first-order valence-corrected chi connectivity index (χ1v) is 9.36. The second-order valence-corrected chi connectivity index (χ2v) is 6.87. The third-order valence-corrected chi connectivity index (χ3v) is 4.89. The first-order chi connectivity index (χ1) is 13.1. The van der Waals surface area contributed by atoms with E-state index in [-0.39, 0.29) is 11.8 Å². The van der Waals surface area contributed by atoms with Gasteiger partial charge in [-0.2, -0.15) is 0 Å². The van der Waals surface area contributed by atoms with Crippen molar-refractivity contribution >= 4 is 11.6 Å². The number of guanidine groups is 1. The Morgan fingerprint density at radius 2 is 2.00 bits per heavy atom.